The van der Waals surface area contributed by atoms with Crippen LogP contribution < -0.4 is 20.3 Å². The second-order valence-corrected chi connectivity index (χ2v) is 10.1. The Hall–Kier alpha value is -4.09. The van der Waals surface area contributed by atoms with E-state index in [1.54, 1.807) is 6.08 Å². The molecule has 2 N–H and O–H groups in total. The number of halogens is 3. The van der Waals surface area contributed by atoms with Crippen LogP contribution in [0.1, 0.15) is 50.5 Å². The van der Waals surface area contributed by atoms with E-state index in [0.717, 1.165) is 30.0 Å². The molecule has 43 heavy (non-hydrogen) atoms. The van der Waals surface area contributed by atoms with Gasteiger partial charge in [-0.05, 0) is 61.3 Å². The van der Waals surface area contributed by atoms with Crippen LogP contribution in [0.25, 0.3) is 10.8 Å². The zero-order chi connectivity index (χ0) is 30.5. The van der Waals surface area contributed by atoms with E-state index in [2.05, 4.69) is 15.5 Å². The number of rotatable bonds is 14. The Morgan fingerprint density at radius 1 is 0.977 bits per heavy atom. The van der Waals surface area contributed by atoms with Gasteiger partial charge in [0.15, 0.2) is 6.29 Å². The molecule has 3 aromatic carbocycles. The van der Waals surface area contributed by atoms with Gasteiger partial charge in [-0.1, -0.05) is 54.6 Å². The minimum absolute atomic E-state index is 0.00785. The molecule has 1 saturated heterocycles. The first kappa shape index (κ1) is 31.8. The number of hydroxylamine groups is 1. The Labute approximate surface area is 248 Å². The SMILES string of the molecule is O=C(CCCC/C=C(\COc1cccc2ccccc12)C(=O)NCc1ccc(OC(F)(F)F)cc1)NOC1CCCCO1. The Bertz CT molecular complexity index is 1370. The van der Waals surface area contributed by atoms with Crippen molar-refractivity contribution in [2.75, 3.05) is 13.2 Å². The summed E-state index contributed by atoms with van der Waals surface area (Å²) in [4.78, 5) is 30.6. The molecule has 0 radical (unpaired) electrons. The maximum atomic E-state index is 13.1. The number of nitrogens with one attached hydrogen (secondary N) is 2. The van der Waals surface area contributed by atoms with Crippen molar-refractivity contribution < 1.29 is 41.8 Å². The molecule has 0 saturated carbocycles. The topological polar surface area (TPSA) is 95.1 Å². The summed E-state index contributed by atoms with van der Waals surface area (Å²) in [5.74, 6) is -0.304. The summed E-state index contributed by atoms with van der Waals surface area (Å²) < 4.78 is 52.7. The molecule has 1 aliphatic heterocycles. The van der Waals surface area contributed by atoms with E-state index >= 15 is 0 Å². The zero-order valence-electron chi connectivity index (χ0n) is 23.7. The predicted octanol–water partition coefficient (Wildman–Crippen LogP) is 6.49. The van der Waals surface area contributed by atoms with E-state index in [9.17, 15) is 22.8 Å². The summed E-state index contributed by atoms with van der Waals surface area (Å²) in [7, 11) is 0. The number of ether oxygens (including phenoxy) is 3. The lowest BCUT2D eigenvalue weighted by atomic mass is 10.1. The molecule has 0 spiro atoms. The van der Waals surface area contributed by atoms with E-state index in [1.165, 1.54) is 24.3 Å². The Morgan fingerprint density at radius 3 is 2.53 bits per heavy atom. The van der Waals surface area contributed by atoms with Gasteiger partial charge in [0.25, 0.3) is 5.91 Å². The molecule has 1 heterocycles. The number of benzene rings is 3. The summed E-state index contributed by atoms with van der Waals surface area (Å²) in [5, 5.41) is 4.72. The highest BCUT2D eigenvalue weighted by molar-refractivity contribution is 5.94. The number of hydrogen-bond donors (Lipinski definition) is 2. The molecule has 230 valence electrons. The maximum Gasteiger partial charge on any atom is 0.573 e. The van der Waals surface area contributed by atoms with Crippen molar-refractivity contribution in [3.05, 3.63) is 83.9 Å². The smallest absolute Gasteiger partial charge is 0.488 e. The molecule has 1 unspecified atom stereocenters. The molecule has 0 aromatic heterocycles. The average Bonchev–Trinajstić information content (AvgIpc) is 3.00. The standard InChI is InChI=1S/C32H35F3N2O6/c33-32(34,35)42-26-18-16-23(17-19-26)21-36-31(39)25(22-41-28-13-8-11-24-9-4-5-12-27(24)28)10-2-1-3-14-29(38)37-43-30-15-6-7-20-40-30/h4-5,8-13,16-19,30H,1-3,6-7,14-15,20-22H2,(H,36,39)(H,37,38)/b25-10+. The molecule has 4 rings (SSSR count). The van der Waals surface area contributed by atoms with E-state index < -0.39 is 12.7 Å². The zero-order valence-corrected chi connectivity index (χ0v) is 23.7. The summed E-state index contributed by atoms with van der Waals surface area (Å²) in [6.07, 6.45) is 1.36. The van der Waals surface area contributed by atoms with Crippen molar-refractivity contribution in [2.45, 2.75) is 64.1 Å². The lowest BCUT2D eigenvalue weighted by Gasteiger charge is -2.22. The van der Waals surface area contributed by atoms with Crippen LogP contribution in [0.3, 0.4) is 0 Å². The first-order valence-corrected chi connectivity index (χ1v) is 14.3. The third kappa shape index (κ3) is 10.9. The molecule has 1 aliphatic rings. The molecule has 0 aliphatic carbocycles. The number of amides is 2. The molecule has 11 heteroatoms. The highest BCUT2D eigenvalue weighted by Gasteiger charge is 2.31. The van der Waals surface area contributed by atoms with Gasteiger partial charge >= 0.3 is 6.36 Å². The Morgan fingerprint density at radius 2 is 1.77 bits per heavy atom. The van der Waals surface area contributed by atoms with Gasteiger partial charge in [0.1, 0.15) is 18.1 Å². The molecular weight excluding hydrogens is 565 g/mol. The van der Waals surface area contributed by atoms with Crippen molar-refractivity contribution in [3.8, 4) is 11.5 Å². The minimum atomic E-state index is -4.78. The first-order valence-electron chi connectivity index (χ1n) is 14.3. The molecule has 3 aromatic rings. The highest BCUT2D eigenvalue weighted by Crippen LogP contribution is 2.26. The van der Waals surface area contributed by atoms with Crippen molar-refractivity contribution in [1.29, 1.82) is 0 Å². The second-order valence-electron chi connectivity index (χ2n) is 10.1. The van der Waals surface area contributed by atoms with Crippen LogP contribution in [0.2, 0.25) is 0 Å². The Kier molecular flexibility index (Phi) is 11.8. The summed E-state index contributed by atoms with van der Waals surface area (Å²) in [5.41, 5.74) is 3.44. The van der Waals surface area contributed by atoms with Gasteiger partial charge in [-0.25, -0.2) is 10.3 Å². The first-order chi connectivity index (χ1) is 20.8. The molecule has 2 amide bonds. The minimum Gasteiger partial charge on any atom is -0.488 e. The fraction of sp³-hybridized carbons (Fsp3) is 0.375. The van der Waals surface area contributed by atoms with Crippen LogP contribution in [-0.4, -0.2) is 37.7 Å². The van der Waals surface area contributed by atoms with Gasteiger partial charge in [-0.2, -0.15) is 0 Å². The highest BCUT2D eigenvalue weighted by atomic mass is 19.4. The van der Waals surface area contributed by atoms with Crippen molar-refractivity contribution in [3.63, 3.8) is 0 Å². The van der Waals surface area contributed by atoms with E-state index in [0.29, 0.717) is 42.8 Å². The number of hydrogen-bond acceptors (Lipinski definition) is 6. The third-order valence-corrected chi connectivity index (χ3v) is 6.73. The fourth-order valence-electron chi connectivity index (χ4n) is 4.49. The number of carbonyl (C=O) groups excluding carboxylic acids is 2. The number of fused-ring (bicyclic) bond motifs is 1. The fourth-order valence-corrected chi connectivity index (χ4v) is 4.49. The largest absolute Gasteiger partial charge is 0.573 e. The van der Waals surface area contributed by atoms with E-state index in [-0.39, 0.29) is 37.1 Å². The molecule has 1 atom stereocenters. The van der Waals surface area contributed by atoms with E-state index in [4.69, 9.17) is 14.3 Å². The van der Waals surface area contributed by atoms with Crippen molar-refractivity contribution in [2.24, 2.45) is 0 Å². The summed E-state index contributed by atoms with van der Waals surface area (Å²) >= 11 is 0. The number of carbonyl (C=O) groups is 2. The molecule has 0 bridgehead atoms. The van der Waals surface area contributed by atoms with E-state index in [1.807, 2.05) is 42.5 Å². The van der Waals surface area contributed by atoms with Gasteiger partial charge < -0.3 is 19.5 Å². The maximum absolute atomic E-state index is 13.1. The van der Waals surface area contributed by atoms with Crippen LogP contribution in [0.4, 0.5) is 13.2 Å². The third-order valence-electron chi connectivity index (χ3n) is 6.73. The number of allylic oxidation sites excluding steroid dienone is 1. The average molecular weight is 601 g/mol. The lowest BCUT2D eigenvalue weighted by molar-refractivity contribution is -0.274. The normalized spacial score (nSPS) is 15.6. The lowest BCUT2D eigenvalue weighted by Crippen LogP contribution is -2.32. The van der Waals surface area contributed by atoms with Gasteiger partial charge in [0.05, 0.1) is 5.57 Å². The van der Waals surface area contributed by atoms with Crippen LogP contribution >= 0.6 is 0 Å². The van der Waals surface area contributed by atoms with Gasteiger partial charge in [0.2, 0.25) is 5.91 Å². The number of alkyl halides is 3. The molecule has 8 nitrogen and oxygen atoms in total. The molecular formula is C32H35F3N2O6. The molecule has 1 fully saturated rings. The summed E-state index contributed by atoms with van der Waals surface area (Å²) in [6.45, 7) is 0.728. The van der Waals surface area contributed by atoms with Gasteiger partial charge in [-0.15, -0.1) is 13.2 Å². The van der Waals surface area contributed by atoms with Crippen LogP contribution in [0, 0.1) is 0 Å². The quantitative estimate of drug-likeness (QED) is 0.125. The van der Waals surface area contributed by atoms with Crippen molar-refractivity contribution >= 4 is 22.6 Å². The number of unbranched alkanes of at least 4 members (excludes halogenated alkanes) is 2. The van der Waals surface area contributed by atoms with Crippen LogP contribution in [-0.2, 0) is 25.7 Å². The second kappa shape index (κ2) is 15.9. The monoisotopic (exact) mass is 600 g/mol. The predicted molar refractivity (Wildman–Crippen MR) is 154 cm³/mol. The van der Waals surface area contributed by atoms with Gasteiger partial charge in [-0.3, -0.25) is 9.59 Å². The van der Waals surface area contributed by atoms with Crippen LogP contribution in [0.15, 0.2) is 78.4 Å². The van der Waals surface area contributed by atoms with Crippen molar-refractivity contribution in [1.82, 2.24) is 10.8 Å². The van der Waals surface area contributed by atoms with Crippen LogP contribution in [0.5, 0.6) is 11.5 Å². The van der Waals surface area contributed by atoms with Gasteiger partial charge in [0, 0.05) is 31.4 Å². The summed E-state index contributed by atoms with van der Waals surface area (Å²) in [6, 6.07) is 18.7. The Balaban J connectivity index is 1.31.